The number of hydrogen-bond acceptors (Lipinski definition) is 9. The Balaban J connectivity index is 0.758. The van der Waals surface area contributed by atoms with E-state index in [-0.39, 0.29) is 35.7 Å². The molecule has 2 aliphatic heterocycles. The second-order valence-corrected chi connectivity index (χ2v) is 15.8. The molecule has 65 heavy (non-hydrogen) atoms. The molecule has 14 nitrogen and oxygen atoms in total. The van der Waals surface area contributed by atoms with E-state index in [1.807, 2.05) is 30.3 Å². The number of amides is 5. The molecule has 1 atom stereocenters. The molecule has 2 aromatic heterocycles. The first-order chi connectivity index (χ1) is 31.6. The Morgan fingerprint density at radius 3 is 2.25 bits per heavy atom. The normalized spacial score (nSPS) is 14.2. The highest BCUT2D eigenvalue weighted by atomic mass is 16.6. The van der Waals surface area contributed by atoms with Gasteiger partial charge >= 0.3 is 0 Å². The van der Waals surface area contributed by atoms with E-state index in [0.717, 1.165) is 54.4 Å². The van der Waals surface area contributed by atoms with Gasteiger partial charge in [0.25, 0.3) is 23.4 Å². The Morgan fingerprint density at radius 1 is 0.800 bits per heavy atom. The molecule has 5 amide bonds. The lowest BCUT2D eigenvalue weighted by atomic mass is 10.00. The highest BCUT2D eigenvalue weighted by molar-refractivity contribution is 6.06. The first kappa shape index (κ1) is 43.5. The minimum Gasteiger partial charge on any atom is -0.463 e. The summed E-state index contributed by atoms with van der Waals surface area (Å²) < 4.78 is 5.61. The van der Waals surface area contributed by atoms with Crippen LogP contribution in [-0.2, 0) is 16.1 Å². The summed E-state index contributed by atoms with van der Waals surface area (Å²) in [5, 5.41) is 19.4. The molecular weight excluding hydrogens is 825 g/mol. The summed E-state index contributed by atoms with van der Waals surface area (Å²) in [6.45, 7) is 0.843. The number of non-ortho nitro benzene ring substituents is 1. The highest BCUT2D eigenvalue weighted by Gasteiger charge is 2.39. The first-order valence-corrected chi connectivity index (χ1v) is 21.5. The second kappa shape index (κ2) is 19.9. The fraction of sp³-hybridized carbons (Fsp3) is 0.216. The standard InChI is InChI=1S/C51H44N6O8/c58-47-27-26-45(50(61)55-47)56-32-42-34(11-8-12-41(42)51(56)62)10-6-4-2-1-3-5-7-28-52-48(59)36-18-22-39(23-19-36)53-49(60)37-16-14-33(15-17-37)38-30-43(35-20-24-40(25-21-35)57(63)64)54-44(31-38)46-13-9-29-65-46/h8-9,11-25,29-31,45H,1-5,7,26-28,32H2,(H,52,59)(H,53,60)(H,55,58,61). The molecule has 0 aliphatic carbocycles. The van der Waals surface area contributed by atoms with E-state index in [9.17, 15) is 34.1 Å². The number of furan rings is 1. The van der Waals surface area contributed by atoms with E-state index in [1.165, 1.54) is 17.0 Å². The maximum Gasteiger partial charge on any atom is 0.269 e. The summed E-state index contributed by atoms with van der Waals surface area (Å²) in [6, 6.07) is 32.2. The fourth-order valence-electron chi connectivity index (χ4n) is 7.90. The molecule has 4 heterocycles. The van der Waals surface area contributed by atoms with Gasteiger partial charge in [0.15, 0.2) is 5.76 Å². The number of nitrogens with zero attached hydrogens (tertiary/aromatic N) is 3. The molecule has 0 radical (unpaired) electrons. The quantitative estimate of drug-likeness (QED) is 0.0298. The molecule has 1 saturated heterocycles. The summed E-state index contributed by atoms with van der Waals surface area (Å²) in [7, 11) is 0. The zero-order valence-electron chi connectivity index (χ0n) is 35.3. The van der Waals surface area contributed by atoms with Crippen molar-refractivity contribution in [1.29, 1.82) is 0 Å². The zero-order valence-corrected chi connectivity index (χ0v) is 35.3. The largest absolute Gasteiger partial charge is 0.463 e. The van der Waals surface area contributed by atoms with Crippen LogP contribution < -0.4 is 16.0 Å². The van der Waals surface area contributed by atoms with Crippen molar-refractivity contribution in [2.75, 3.05) is 11.9 Å². The smallest absolute Gasteiger partial charge is 0.269 e. The minimum absolute atomic E-state index is 0.0159. The predicted molar refractivity (Wildman–Crippen MR) is 243 cm³/mol. The maximum atomic E-state index is 13.2. The van der Waals surface area contributed by atoms with Crippen LogP contribution in [0.25, 0.3) is 33.8 Å². The number of aromatic nitrogens is 1. The Hall–Kier alpha value is -8.18. The SMILES string of the molecule is O=C1CCC(N2Cc3c(C#CCCCCCCCNC(=O)c4ccc(NC(=O)c5ccc(-c6cc(-c7ccc([N+](=O)[O-])cc7)nc(-c7ccco7)c6)cc5)cc4)cccc3C2=O)C(=O)N1. The van der Waals surface area contributed by atoms with E-state index in [2.05, 4.69) is 27.8 Å². The Bertz CT molecular complexity index is 2830. The average molecular weight is 869 g/mol. The van der Waals surface area contributed by atoms with Crippen LogP contribution in [-0.4, -0.2) is 56.9 Å². The fourth-order valence-corrected chi connectivity index (χ4v) is 7.90. The minimum atomic E-state index is -0.657. The van der Waals surface area contributed by atoms with Gasteiger partial charge in [-0.2, -0.15) is 0 Å². The molecule has 4 aromatic carbocycles. The van der Waals surface area contributed by atoms with E-state index >= 15 is 0 Å². The molecule has 14 heteroatoms. The maximum absolute atomic E-state index is 13.2. The number of rotatable bonds is 15. The topological polar surface area (TPSA) is 194 Å². The van der Waals surface area contributed by atoms with E-state index < -0.39 is 16.9 Å². The van der Waals surface area contributed by atoms with Crippen molar-refractivity contribution in [3.63, 3.8) is 0 Å². The molecule has 2 aliphatic rings. The Kier molecular flexibility index (Phi) is 13.3. The van der Waals surface area contributed by atoms with Gasteiger partial charge in [-0.1, -0.05) is 49.3 Å². The van der Waals surface area contributed by atoms with Crippen molar-refractivity contribution in [2.45, 2.75) is 64.0 Å². The van der Waals surface area contributed by atoms with Gasteiger partial charge in [-0.05, 0) is 121 Å². The molecular formula is C51H44N6O8. The van der Waals surface area contributed by atoms with Crippen LogP contribution in [0.5, 0.6) is 0 Å². The lowest BCUT2D eigenvalue weighted by Gasteiger charge is -2.29. The number of nitrogens with one attached hydrogen (secondary N) is 3. The number of piperidine rings is 1. The number of benzene rings is 4. The monoisotopic (exact) mass is 868 g/mol. The zero-order chi connectivity index (χ0) is 45.3. The first-order valence-electron chi connectivity index (χ1n) is 21.5. The predicted octanol–water partition coefficient (Wildman–Crippen LogP) is 8.72. The van der Waals surface area contributed by atoms with Gasteiger partial charge in [-0.15, -0.1) is 0 Å². The molecule has 0 bridgehead atoms. The molecule has 1 fully saturated rings. The van der Waals surface area contributed by atoms with Gasteiger partial charge in [0.2, 0.25) is 11.8 Å². The van der Waals surface area contributed by atoms with E-state index in [0.29, 0.717) is 71.0 Å². The average Bonchev–Trinajstić information content (AvgIpc) is 3.99. The van der Waals surface area contributed by atoms with Crippen LogP contribution in [0.15, 0.2) is 126 Å². The summed E-state index contributed by atoms with van der Waals surface area (Å²) in [5.41, 5.74) is 7.15. The third-order valence-corrected chi connectivity index (χ3v) is 11.4. The van der Waals surface area contributed by atoms with Crippen LogP contribution in [0.2, 0.25) is 0 Å². The third-order valence-electron chi connectivity index (χ3n) is 11.4. The van der Waals surface area contributed by atoms with Crippen LogP contribution in [0, 0.1) is 22.0 Å². The van der Waals surface area contributed by atoms with Gasteiger partial charge in [0.1, 0.15) is 11.7 Å². The van der Waals surface area contributed by atoms with Crippen molar-refractivity contribution in [3.05, 3.63) is 159 Å². The van der Waals surface area contributed by atoms with Crippen molar-refractivity contribution >= 4 is 40.9 Å². The number of carbonyl (C=O) groups excluding carboxylic acids is 5. The summed E-state index contributed by atoms with van der Waals surface area (Å²) in [4.78, 5) is 80.1. The van der Waals surface area contributed by atoms with Gasteiger partial charge < -0.3 is 20.0 Å². The number of nitro benzene ring substituents is 1. The molecule has 6 aromatic rings. The van der Waals surface area contributed by atoms with Gasteiger partial charge in [0, 0.05) is 71.6 Å². The van der Waals surface area contributed by atoms with E-state index in [1.54, 1.807) is 79.1 Å². The van der Waals surface area contributed by atoms with Crippen molar-refractivity contribution in [2.24, 2.45) is 0 Å². The summed E-state index contributed by atoms with van der Waals surface area (Å²) >= 11 is 0. The van der Waals surface area contributed by atoms with Crippen LogP contribution in [0.3, 0.4) is 0 Å². The Labute approximate surface area is 374 Å². The lowest BCUT2D eigenvalue weighted by Crippen LogP contribution is -2.52. The van der Waals surface area contributed by atoms with Gasteiger partial charge in [0.05, 0.1) is 16.9 Å². The molecule has 3 N–H and O–H groups in total. The van der Waals surface area contributed by atoms with Crippen LogP contribution in [0.1, 0.15) is 93.6 Å². The number of hydrogen-bond donors (Lipinski definition) is 3. The molecule has 8 rings (SSSR count). The highest BCUT2D eigenvalue weighted by Crippen LogP contribution is 2.32. The number of fused-ring (bicyclic) bond motifs is 1. The van der Waals surface area contributed by atoms with Crippen molar-refractivity contribution < 1.29 is 33.3 Å². The summed E-state index contributed by atoms with van der Waals surface area (Å²) in [5.74, 6) is 5.57. The van der Waals surface area contributed by atoms with E-state index in [4.69, 9.17) is 9.40 Å². The molecule has 0 spiro atoms. The molecule has 0 saturated carbocycles. The number of pyridine rings is 1. The van der Waals surface area contributed by atoms with Crippen molar-refractivity contribution in [3.8, 4) is 45.7 Å². The van der Waals surface area contributed by atoms with Gasteiger partial charge in [-0.3, -0.25) is 39.4 Å². The number of unbranched alkanes of at least 4 members (excludes halogenated alkanes) is 5. The second-order valence-electron chi connectivity index (χ2n) is 15.8. The number of anilines is 1. The van der Waals surface area contributed by atoms with Crippen molar-refractivity contribution in [1.82, 2.24) is 20.5 Å². The van der Waals surface area contributed by atoms with Gasteiger partial charge in [-0.25, -0.2) is 4.98 Å². The molecule has 1 unspecified atom stereocenters. The number of carbonyl (C=O) groups is 5. The number of imide groups is 1. The summed E-state index contributed by atoms with van der Waals surface area (Å²) in [6.07, 6.45) is 7.54. The van der Waals surface area contributed by atoms with Crippen LogP contribution >= 0.6 is 0 Å². The molecule has 326 valence electrons. The number of nitro groups is 1. The van der Waals surface area contributed by atoms with Crippen LogP contribution in [0.4, 0.5) is 11.4 Å². The third kappa shape index (κ3) is 10.4. The lowest BCUT2D eigenvalue weighted by molar-refractivity contribution is -0.384. The Morgan fingerprint density at radius 2 is 1.51 bits per heavy atom.